The number of aryl methyl sites for hydroxylation is 1. The number of fused-ring (bicyclic) bond motifs is 3. The van der Waals surface area contributed by atoms with Crippen LogP contribution < -0.4 is 0 Å². The molecule has 6 nitrogen and oxygen atoms in total. The van der Waals surface area contributed by atoms with E-state index in [1.165, 1.54) is 4.88 Å². The fourth-order valence-electron chi connectivity index (χ4n) is 4.35. The molecule has 1 N–H and O–H groups in total. The highest BCUT2D eigenvalue weighted by Gasteiger charge is 2.32. The van der Waals surface area contributed by atoms with Crippen molar-refractivity contribution in [3.05, 3.63) is 51.8 Å². The van der Waals surface area contributed by atoms with Crippen molar-refractivity contribution in [3.8, 4) is 22.7 Å². The zero-order chi connectivity index (χ0) is 20.0. The number of aromatic nitrogens is 2. The first-order chi connectivity index (χ1) is 14.2. The summed E-state index contributed by atoms with van der Waals surface area (Å²) in [5.74, 6) is 0.214. The molecule has 1 aliphatic carbocycles. The molecule has 0 bridgehead atoms. The molecular formula is C22H24N4O2S. The van der Waals surface area contributed by atoms with Crippen molar-refractivity contribution in [1.82, 2.24) is 19.6 Å². The molecule has 1 saturated heterocycles. The maximum atomic E-state index is 13.4. The first kappa shape index (κ1) is 18.4. The van der Waals surface area contributed by atoms with Crippen LogP contribution in [-0.2, 0) is 12.8 Å². The molecule has 1 aromatic carbocycles. The molecule has 2 aliphatic rings. The number of phenols is 1. The predicted octanol–water partition coefficient (Wildman–Crippen LogP) is 3.18. The highest BCUT2D eigenvalue weighted by Crippen LogP contribution is 2.40. The summed E-state index contributed by atoms with van der Waals surface area (Å²) in [5.41, 5.74) is 4.51. The van der Waals surface area contributed by atoms with Crippen LogP contribution in [0.1, 0.15) is 27.9 Å². The summed E-state index contributed by atoms with van der Waals surface area (Å²) in [7, 11) is 0. The van der Waals surface area contributed by atoms with E-state index in [9.17, 15) is 9.90 Å². The average Bonchev–Trinajstić information content (AvgIpc) is 3.37. The van der Waals surface area contributed by atoms with Crippen LogP contribution in [0.2, 0.25) is 0 Å². The highest BCUT2D eigenvalue weighted by molar-refractivity contribution is 7.10. The van der Waals surface area contributed by atoms with Gasteiger partial charge in [0, 0.05) is 48.2 Å². The van der Waals surface area contributed by atoms with Gasteiger partial charge >= 0.3 is 0 Å². The fraction of sp³-hybridized carbons (Fsp3) is 0.364. The molecule has 150 valence electrons. The number of nitrogens with zero attached hydrogens (tertiary/aromatic N) is 4. The second kappa shape index (κ2) is 7.31. The van der Waals surface area contributed by atoms with Gasteiger partial charge in [-0.2, -0.15) is 5.10 Å². The Labute approximate surface area is 174 Å². The molecule has 0 spiro atoms. The number of carbonyl (C=O) groups is 1. The number of phenolic OH excluding ortho intramolecular Hbond substituents is 1. The lowest BCUT2D eigenvalue weighted by molar-refractivity contribution is 0.0636. The molecule has 5 rings (SSSR count). The third kappa shape index (κ3) is 3.14. The molecular weight excluding hydrogens is 384 g/mol. The molecule has 1 fully saturated rings. The molecule has 1 aliphatic heterocycles. The van der Waals surface area contributed by atoms with E-state index in [-0.39, 0.29) is 11.7 Å². The third-order valence-corrected chi connectivity index (χ3v) is 6.95. The Morgan fingerprint density at radius 1 is 1.17 bits per heavy atom. The van der Waals surface area contributed by atoms with Gasteiger partial charge in [0.1, 0.15) is 5.75 Å². The van der Waals surface area contributed by atoms with Crippen LogP contribution in [0, 0.1) is 0 Å². The quantitative estimate of drug-likeness (QED) is 0.723. The van der Waals surface area contributed by atoms with Crippen molar-refractivity contribution in [2.45, 2.75) is 19.8 Å². The van der Waals surface area contributed by atoms with E-state index in [1.54, 1.807) is 23.5 Å². The number of hydrogen-bond donors (Lipinski definition) is 1. The van der Waals surface area contributed by atoms with Gasteiger partial charge in [0.2, 0.25) is 0 Å². The Balaban J connectivity index is 1.59. The third-order valence-electron chi connectivity index (χ3n) is 5.97. The Morgan fingerprint density at radius 3 is 2.76 bits per heavy atom. The molecule has 7 heteroatoms. The van der Waals surface area contributed by atoms with Gasteiger partial charge in [0.05, 0.1) is 11.4 Å². The Kier molecular flexibility index (Phi) is 4.64. The van der Waals surface area contributed by atoms with Crippen LogP contribution in [0.5, 0.6) is 5.75 Å². The Bertz CT molecular complexity index is 1060. The maximum Gasteiger partial charge on any atom is 0.274 e. The van der Waals surface area contributed by atoms with Gasteiger partial charge in [0.25, 0.3) is 5.91 Å². The second-order valence-corrected chi connectivity index (χ2v) is 8.59. The number of benzene rings is 1. The summed E-state index contributed by atoms with van der Waals surface area (Å²) in [6.45, 7) is 6.47. The van der Waals surface area contributed by atoms with E-state index in [0.29, 0.717) is 5.69 Å². The first-order valence-corrected chi connectivity index (χ1v) is 11.0. The van der Waals surface area contributed by atoms with Gasteiger partial charge in [-0.25, -0.2) is 4.68 Å². The van der Waals surface area contributed by atoms with E-state index in [2.05, 4.69) is 23.3 Å². The summed E-state index contributed by atoms with van der Waals surface area (Å²) in [4.78, 5) is 19.0. The molecule has 29 heavy (non-hydrogen) atoms. The van der Waals surface area contributed by atoms with Crippen molar-refractivity contribution in [2.75, 3.05) is 32.7 Å². The smallest absolute Gasteiger partial charge is 0.274 e. The van der Waals surface area contributed by atoms with Crippen LogP contribution in [0.15, 0.2) is 35.7 Å². The van der Waals surface area contributed by atoms with Crippen molar-refractivity contribution in [1.29, 1.82) is 0 Å². The van der Waals surface area contributed by atoms with Crippen molar-refractivity contribution in [3.63, 3.8) is 0 Å². The van der Waals surface area contributed by atoms with E-state index in [0.717, 1.165) is 68.1 Å². The maximum absolute atomic E-state index is 13.4. The van der Waals surface area contributed by atoms with Crippen molar-refractivity contribution >= 4 is 17.2 Å². The number of thiophene rings is 1. The lowest BCUT2D eigenvalue weighted by Gasteiger charge is -2.33. The van der Waals surface area contributed by atoms with Gasteiger partial charge in [-0.15, -0.1) is 11.3 Å². The van der Waals surface area contributed by atoms with Crippen LogP contribution in [-0.4, -0.2) is 63.3 Å². The van der Waals surface area contributed by atoms with Gasteiger partial charge in [-0.3, -0.25) is 4.79 Å². The van der Waals surface area contributed by atoms with E-state index in [4.69, 9.17) is 5.10 Å². The average molecular weight is 409 g/mol. The number of rotatable bonds is 3. The number of piperazine rings is 1. The minimum Gasteiger partial charge on any atom is -0.508 e. The van der Waals surface area contributed by atoms with Crippen LogP contribution >= 0.6 is 11.3 Å². The Hall–Kier alpha value is -2.64. The monoisotopic (exact) mass is 408 g/mol. The standard InChI is InChI=1S/C22H24N4O2S/c1-2-24-9-11-25(12-10-24)22(28)20-18-6-7-19-17(8-13-29-19)21(18)26(23-20)15-4-3-5-16(27)14-15/h3-5,8,13-14,27H,2,6-7,9-12H2,1H3. The second-order valence-electron chi connectivity index (χ2n) is 7.59. The molecule has 2 aromatic heterocycles. The van der Waals surface area contributed by atoms with Crippen molar-refractivity contribution in [2.24, 2.45) is 0 Å². The number of likely N-dealkylation sites (N-methyl/N-ethyl adjacent to an activating group) is 1. The SMILES string of the molecule is CCN1CCN(C(=O)c2nn(-c3cccc(O)c3)c3c2CCc2sccc2-3)CC1. The molecule has 0 saturated carbocycles. The van der Waals surface area contributed by atoms with Gasteiger partial charge < -0.3 is 14.9 Å². The van der Waals surface area contributed by atoms with Gasteiger partial charge in [-0.1, -0.05) is 13.0 Å². The molecule has 3 aromatic rings. The fourth-order valence-corrected chi connectivity index (χ4v) is 5.23. The lowest BCUT2D eigenvalue weighted by atomic mass is 9.94. The minimum absolute atomic E-state index is 0.0228. The lowest BCUT2D eigenvalue weighted by Crippen LogP contribution is -2.48. The van der Waals surface area contributed by atoms with E-state index in [1.807, 2.05) is 21.7 Å². The van der Waals surface area contributed by atoms with Gasteiger partial charge in [-0.05, 0) is 43.0 Å². The number of hydrogen-bond acceptors (Lipinski definition) is 5. The largest absolute Gasteiger partial charge is 0.508 e. The predicted molar refractivity (Wildman–Crippen MR) is 114 cm³/mol. The molecule has 0 unspecified atom stereocenters. The highest BCUT2D eigenvalue weighted by atomic mass is 32.1. The van der Waals surface area contributed by atoms with E-state index >= 15 is 0 Å². The van der Waals surface area contributed by atoms with Crippen LogP contribution in [0.4, 0.5) is 0 Å². The zero-order valence-electron chi connectivity index (χ0n) is 16.5. The topological polar surface area (TPSA) is 61.6 Å². The van der Waals surface area contributed by atoms with Gasteiger partial charge in [0.15, 0.2) is 5.69 Å². The van der Waals surface area contributed by atoms with Crippen LogP contribution in [0.25, 0.3) is 16.9 Å². The summed E-state index contributed by atoms with van der Waals surface area (Å²) < 4.78 is 1.84. The number of aromatic hydroxyl groups is 1. The van der Waals surface area contributed by atoms with Crippen molar-refractivity contribution < 1.29 is 9.90 Å². The summed E-state index contributed by atoms with van der Waals surface area (Å²) >= 11 is 1.75. The molecule has 0 atom stereocenters. The van der Waals surface area contributed by atoms with E-state index < -0.39 is 0 Å². The first-order valence-electron chi connectivity index (χ1n) is 10.2. The summed E-state index contributed by atoms with van der Waals surface area (Å²) in [5, 5.41) is 16.9. The minimum atomic E-state index is 0.0228. The Morgan fingerprint density at radius 2 is 2.00 bits per heavy atom. The normalized spacial score (nSPS) is 16.5. The molecule has 3 heterocycles. The molecule has 1 amide bonds. The number of amides is 1. The van der Waals surface area contributed by atoms with Crippen LogP contribution in [0.3, 0.4) is 0 Å². The molecule has 0 radical (unpaired) electrons. The number of carbonyl (C=O) groups excluding carboxylic acids is 1. The summed E-state index contributed by atoms with van der Waals surface area (Å²) in [6, 6.07) is 9.19. The zero-order valence-corrected chi connectivity index (χ0v) is 17.3. The summed E-state index contributed by atoms with van der Waals surface area (Å²) in [6.07, 6.45) is 1.76.